The molecule has 0 bridgehead atoms. The van der Waals surface area contributed by atoms with Crippen LogP contribution < -0.4 is 10.6 Å². The molecule has 1 spiro atoms. The summed E-state index contributed by atoms with van der Waals surface area (Å²) in [7, 11) is 1.63. The standard InChI is InChI=1S/C34H46N4O5/c1-3-4-17-38-32(41)29(30(39)27-13-20-43-21-14-27)36-33(42)34(38)15-18-37(19-16-34)23-26-7-5-24(6-8-26)22-25-9-11-28(12-10-25)31(40)35-2/h5-12,27,29-30,39H,3-4,13-23H2,1-2H3,(H,35,40)(H,36,42)/t29-,30-/m1/s1. The Morgan fingerprint density at radius 3 is 2.23 bits per heavy atom. The van der Waals surface area contributed by atoms with Gasteiger partial charge in [-0.1, -0.05) is 49.7 Å². The van der Waals surface area contributed by atoms with E-state index in [9.17, 15) is 19.5 Å². The Hall–Kier alpha value is -3.27. The van der Waals surface area contributed by atoms with Crippen LogP contribution in [0.5, 0.6) is 0 Å². The largest absolute Gasteiger partial charge is 0.390 e. The van der Waals surface area contributed by atoms with Crippen LogP contribution in [0.4, 0.5) is 0 Å². The minimum Gasteiger partial charge on any atom is -0.390 e. The molecule has 0 radical (unpaired) electrons. The number of aliphatic hydroxyl groups excluding tert-OH is 1. The number of rotatable bonds is 10. The minimum absolute atomic E-state index is 0.0483. The minimum atomic E-state index is -0.896. The highest BCUT2D eigenvalue weighted by Gasteiger charge is 2.55. The van der Waals surface area contributed by atoms with Crippen molar-refractivity contribution in [3.8, 4) is 0 Å². The van der Waals surface area contributed by atoms with Crippen molar-refractivity contribution in [2.45, 2.75) is 76.1 Å². The number of hydrogen-bond donors (Lipinski definition) is 3. The summed E-state index contributed by atoms with van der Waals surface area (Å²) in [5, 5.41) is 16.7. The second-order valence-electron chi connectivity index (χ2n) is 12.3. The van der Waals surface area contributed by atoms with E-state index in [1.54, 1.807) is 7.05 Å². The van der Waals surface area contributed by atoms with Gasteiger partial charge in [-0.15, -0.1) is 0 Å². The molecule has 3 saturated heterocycles. The quantitative estimate of drug-likeness (QED) is 0.393. The third kappa shape index (κ3) is 6.95. The molecule has 3 aliphatic rings. The SMILES string of the molecule is CCCCN1C(=O)[C@@H]([C@H](O)C2CCOCC2)NC(=O)C12CCN(Cc1ccc(Cc3ccc(C(=O)NC)cc3)cc1)CC2. The van der Waals surface area contributed by atoms with E-state index in [1.807, 2.05) is 29.2 Å². The summed E-state index contributed by atoms with van der Waals surface area (Å²) in [5.74, 6) is -0.392. The molecule has 5 rings (SSSR count). The third-order valence-corrected chi connectivity index (χ3v) is 9.55. The van der Waals surface area contributed by atoms with E-state index < -0.39 is 17.7 Å². The zero-order valence-corrected chi connectivity index (χ0v) is 25.5. The number of ether oxygens (including phenoxy) is 1. The van der Waals surface area contributed by atoms with Gasteiger partial charge in [-0.25, -0.2) is 0 Å². The second kappa shape index (κ2) is 14.0. The number of benzene rings is 2. The summed E-state index contributed by atoms with van der Waals surface area (Å²) in [6.07, 6.45) is 4.21. The summed E-state index contributed by atoms with van der Waals surface area (Å²) in [6, 6.07) is 15.4. The lowest BCUT2D eigenvalue weighted by Gasteiger charge is -2.52. The average molecular weight is 591 g/mol. The van der Waals surface area contributed by atoms with Crippen molar-refractivity contribution in [2.24, 2.45) is 5.92 Å². The number of nitrogens with one attached hydrogen (secondary N) is 2. The first-order valence-corrected chi connectivity index (χ1v) is 15.8. The second-order valence-corrected chi connectivity index (χ2v) is 12.3. The van der Waals surface area contributed by atoms with Crippen LogP contribution in [0.15, 0.2) is 48.5 Å². The van der Waals surface area contributed by atoms with Gasteiger partial charge in [0.2, 0.25) is 11.8 Å². The topological polar surface area (TPSA) is 111 Å². The third-order valence-electron chi connectivity index (χ3n) is 9.55. The molecule has 3 aliphatic heterocycles. The van der Waals surface area contributed by atoms with E-state index in [2.05, 4.69) is 46.7 Å². The highest BCUT2D eigenvalue weighted by atomic mass is 16.5. The molecule has 3 amide bonds. The lowest BCUT2D eigenvalue weighted by molar-refractivity contribution is -0.166. The van der Waals surface area contributed by atoms with E-state index in [1.165, 1.54) is 11.1 Å². The highest BCUT2D eigenvalue weighted by molar-refractivity contribution is 6.00. The number of piperazine rings is 1. The summed E-state index contributed by atoms with van der Waals surface area (Å²) in [6.45, 7) is 6.00. The molecule has 9 heteroatoms. The van der Waals surface area contributed by atoms with Crippen LogP contribution in [-0.4, -0.2) is 90.2 Å². The summed E-state index contributed by atoms with van der Waals surface area (Å²) in [5.41, 5.74) is 3.36. The highest BCUT2D eigenvalue weighted by Crippen LogP contribution is 2.35. The van der Waals surface area contributed by atoms with Crippen LogP contribution in [0, 0.1) is 5.92 Å². The molecule has 3 N–H and O–H groups in total. The van der Waals surface area contributed by atoms with E-state index in [-0.39, 0.29) is 23.6 Å². The molecule has 232 valence electrons. The summed E-state index contributed by atoms with van der Waals surface area (Å²) in [4.78, 5) is 43.5. The molecule has 0 aliphatic carbocycles. The molecular weight excluding hydrogens is 544 g/mol. The van der Waals surface area contributed by atoms with Crippen LogP contribution in [0.2, 0.25) is 0 Å². The zero-order chi connectivity index (χ0) is 30.4. The van der Waals surface area contributed by atoms with Crippen molar-refractivity contribution in [1.82, 2.24) is 20.4 Å². The number of likely N-dealkylation sites (tertiary alicyclic amines) is 1. The Balaban J connectivity index is 1.19. The number of amides is 3. The molecule has 3 fully saturated rings. The van der Waals surface area contributed by atoms with Crippen molar-refractivity contribution >= 4 is 17.7 Å². The molecule has 3 heterocycles. The van der Waals surface area contributed by atoms with Crippen LogP contribution in [0.25, 0.3) is 0 Å². The maximum atomic E-state index is 13.8. The monoisotopic (exact) mass is 590 g/mol. The van der Waals surface area contributed by atoms with Gasteiger partial charge >= 0.3 is 0 Å². The molecule has 2 atom stereocenters. The zero-order valence-electron chi connectivity index (χ0n) is 25.5. The van der Waals surface area contributed by atoms with Gasteiger partial charge in [0.15, 0.2) is 0 Å². The Kier molecular flexibility index (Phi) is 10.2. The van der Waals surface area contributed by atoms with Crippen molar-refractivity contribution in [1.29, 1.82) is 0 Å². The van der Waals surface area contributed by atoms with E-state index in [0.717, 1.165) is 44.5 Å². The van der Waals surface area contributed by atoms with Crippen molar-refractivity contribution in [2.75, 3.05) is 39.9 Å². The Labute approximate surface area is 255 Å². The molecule has 0 unspecified atom stereocenters. The average Bonchev–Trinajstić information content (AvgIpc) is 3.04. The lowest BCUT2D eigenvalue weighted by atomic mass is 9.79. The fraction of sp³-hybridized carbons (Fsp3) is 0.559. The van der Waals surface area contributed by atoms with Crippen molar-refractivity contribution in [3.05, 3.63) is 70.8 Å². The van der Waals surface area contributed by atoms with E-state index in [0.29, 0.717) is 51.0 Å². The summed E-state index contributed by atoms with van der Waals surface area (Å²) >= 11 is 0. The van der Waals surface area contributed by atoms with Crippen LogP contribution >= 0.6 is 0 Å². The first-order valence-electron chi connectivity index (χ1n) is 15.8. The van der Waals surface area contributed by atoms with Gasteiger partial charge in [0.1, 0.15) is 11.6 Å². The lowest BCUT2D eigenvalue weighted by Crippen LogP contribution is -2.75. The smallest absolute Gasteiger partial charge is 0.251 e. The van der Waals surface area contributed by atoms with Crippen LogP contribution in [-0.2, 0) is 27.3 Å². The maximum Gasteiger partial charge on any atom is 0.251 e. The number of carbonyl (C=O) groups is 3. The van der Waals surface area contributed by atoms with Crippen LogP contribution in [0.3, 0.4) is 0 Å². The maximum absolute atomic E-state index is 13.8. The first kappa shape index (κ1) is 31.2. The molecule has 9 nitrogen and oxygen atoms in total. The fourth-order valence-electron chi connectivity index (χ4n) is 6.79. The van der Waals surface area contributed by atoms with E-state index >= 15 is 0 Å². The molecular formula is C34H46N4O5. The van der Waals surface area contributed by atoms with Crippen molar-refractivity contribution < 1.29 is 24.2 Å². The number of hydrogen-bond acceptors (Lipinski definition) is 6. The normalized spacial score (nSPS) is 21.9. The first-order chi connectivity index (χ1) is 20.8. The van der Waals surface area contributed by atoms with Crippen LogP contribution in [0.1, 0.15) is 72.5 Å². The number of nitrogens with zero attached hydrogens (tertiary/aromatic N) is 2. The Bertz CT molecular complexity index is 1250. The number of piperidine rings is 1. The van der Waals surface area contributed by atoms with Gasteiger partial charge in [-0.05, 0) is 73.3 Å². The van der Waals surface area contributed by atoms with Gasteiger partial charge in [-0.2, -0.15) is 0 Å². The van der Waals surface area contributed by atoms with Gasteiger partial charge in [0, 0.05) is 52.0 Å². The number of unbranched alkanes of at least 4 members (excludes halogenated alkanes) is 1. The predicted molar refractivity (Wildman–Crippen MR) is 164 cm³/mol. The van der Waals surface area contributed by atoms with Gasteiger partial charge in [0.05, 0.1) is 6.10 Å². The molecule has 0 saturated carbocycles. The van der Waals surface area contributed by atoms with Gasteiger partial charge in [-0.3, -0.25) is 19.3 Å². The number of carbonyl (C=O) groups excluding carboxylic acids is 3. The molecule has 0 aromatic heterocycles. The summed E-state index contributed by atoms with van der Waals surface area (Å²) < 4.78 is 5.44. The fourth-order valence-corrected chi connectivity index (χ4v) is 6.79. The van der Waals surface area contributed by atoms with Gasteiger partial charge in [0.25, 0.3) is 5.91 Å². The van der Waals surface area contributed by atoms with Crippen molar-refractivity contribution in [3.63, 3.8) is 0 Å². The van der Waals surface area contributed by atoms with E-state index in [4.69, 9.17) is 4.74 Å². The molecule has 2 aromatic carbocycles. The van der Waals surface area contributed by atoms with Gasteiger partial charge < -0.3 is 25.4 Å². The molecule has 43 heavy (non-hydrogen) atoms. The number of aliphatic hydroxyl groups is 1. The Morgan fingerprint density at radius 2 is 1.63 bits per heavy atom. The Morgan fingerprint density at radius 1 is 1.02 bits per heavy atom. The molecule has 2 aromatic rings. The predicted octanol–water partition coefficient (Wildman–Crippen LogP) is 2.89.